The van der Waals surface area contributed by atoms with Crippen molar-refractivity contribution in [3.63, 3.8) is 0 Å². The lowest BCUT2D eigenvalue weighted by atomic mass is 9.93. The zero-order valence-electron chi connectivity index (χ0n) is 19.0. The van der Waals surface area contributed by atoms with Crippen LogP contribution in [0.15, 0.2) is 35.4 Å². The second kappa shape index (κ2) is 7.85. The zero-order valence-corrected chi connectivity index (χ0v) is 19.0. The van der Waals surface area contributed by atoms with Gasteiger partial charge in [0, 0.05) is 42.5 Å². The quantitative estimate of drug-likeness (QED) is 0.685. The molecule has 1 atom stereocenters. The van der Waals surface area contributed by atoms with E-state index in [1.54, 1.807) is 4.52 Å². The van der Waals surface area contributed by atoms with Crippen LogP contribution in [0, 0.1) is 5.41 Å². The largest absolute Gasteiger partial charge is 0.336 e. The molecule has 32 heavy (non-hydrogen) atoms. The van der Waals surface area contributed by atoms with Gasteiger partial charge in [0.2, 0.25) is 5.91 Å². The number of H-pyrrole nitrogens is 1. The number of fused-ring (bicyclic) bond motifs is 2. The smallest absolute Gasteiger partial charge is 0.276 e. The van der Waals surface area contributed by atoms with Crippen molar-refractivity contribution in [3.8, 4) is 0 Å². The average molecular weight is 435 g/mol. The number of nitrogens with zero attached hydrogens (tertiary/aromatic N) is 5. The van der Waals surface area contributed by atoms with Crippen molar-refractivity contribution in [2.75, 3.05) is 13.1 Å². The third-order valence-electron chi connectivity index (χ3n) is 6.57. The van der Waals surface area contributed by atoms with E-state index >= 15 is 0 Å². The van der Waals surface area contributed by atoms with E-state index in [0.29, 0.717) is 30.7 Å². The normalized spacial score (nSPS) is 19.5. The van der Waals surface area contributed by atoms with Crippen LogP contribution in [0.25, 0.3) is 5.65 Å². The van der Waals surface area contributed by atoms with Gasteiger partial charge in [0.1, 0.15) is 0 Å². The Labute approximate surface area is 187 Å². The molecule has 8 heteroatoms. The Bertz CT molecular complexity index is 1210. The van der Waals surface area contributed by atoms with Crippen LogP contribution < -0.4 is 5.56 Å². The number of hydrogen-bond donors (Lipinski definition) is 1. The van der Waals surface area contributed by atoms with Gasteiger partial charge in [-0.1, -0.05) is 20.8 Å². The molecule has 0 aliphatic carbocycles. The summed E-state index contributed by atoms with van der Waals surface area (Å²) in [6.07, 6.45) is 6.35. The molecule has 1 amide bonds. The number of carbonyl (C=O) groups excluding carboxylic acids is 1. The Morgan fingerprint density at radius 3 is 2.75 bits per heavy atom. The minimum Gasteiger partial charge on any atom is -0.336 e. The third-order valence-corrected chi connectivity index (χ3v) is 6.57. The van der Waals surface area contributed by atoms with Crippen LogP contribution >= 0.6 is 0 Å². The van der Waals surface area contributed by atoms with Crippen molar-refractivity contribution in [1.82, 2.24) is 29.4 Å². The minimum absolute atomic E-state index is 0.0437. The van der Waals surface area contributed by atoms with Crippen LogP contribution in [-0.2, 0) is 24.3 Å². The molecule has 0 spiro atoms. The molecule has 1 N–H and O–H groups in total. The first-order valence-corrected chi connectivity index (χ1v) is 11.4. The van der Waals surface area contributed by atoms with E-state index < -0.39 is 5.41 Å². The standard InChI is InChI=1S/C24H30N6O2/c1-24(2,3)23(32)29-12-8-17-19(15-29)26-21-13-18(27-30(21)22(17)31)20-5-4-11-28(20)14-16-6-9-25-10-7-16/h6-7,9-10,13,20,27H,4-5,8,11-12,14-15H2,1-3H3/t20-/m0/s1. The molecule has 0 bridgehead atoms. The average Bonchev–Trinajstić information content (AvgIpc) is 3.40. The topological polar surface area (TPSA) is 86.6 Å². The van der Waals surface area contributed by atoms with Gasteiger partial charge in [0.05, 0.1) is 24.0 Å². The zero-order chi connectivity index (χ0) is 22.5. The van der Waals surface area contributed by atoms with Gasteiger partial charge in [0.25, 0.3) is 5.56 Å². The number of rotatable bonds is 3. The van der Waals surface area contributed by atoms with Crippen molar-refractivity contribution in [2.45, 2.75) is 59.2 Å². The van der Waals surface area contributed by atoms with Gasteiger partial charge in [-0.05, 0) is 43.5 Å². The Hall–Kier alpha value is -3.00. The minimum atomic E-state index is -0.446. The third kappa shape index (κ3) is 3.72. The molecule has 8 nitrogen and oxygen atoms in total. The van der Waals surface area contributed by atoms with Crippen LogP contribution in [0.2, 0.25) is 0 Å². The Morgan fingerprint density at radius 1 is 1.22 bits per heavy atom. The van der Waals surface area contributed by atoms with E-state index in [0.717, 1.165) is 37.3 Å². The maximum atomic E-state index is 13.2. The van der Waals surface area contributed by atoms with Gasteiger partial charge >= 0.3 is 0 Å². The van der Waals surface area contributed by atoms with Gasteiger partial charge in [-0.15, -0.1) is 0 Å². The lowest BCUT2D eigenvalue weighted by molar-refractivity contribution is -0.140. The van der Waals surface area contributed by atoms with E-state index in [9.17, 15) is 9.59 Å². The first kappa shape index (κ1) is 20.9. The predicted molar refractivity (Wildman–Crippen MR) is 121 cm³/mol. The molecule has 3 aromatic heterocycles. The number of pyridine rings is 1. The number of nitrogens with one attached hydrogen (secondary N) is 1. The number of amides is 1. The first-order chi connectivity index (χ1) is 15.3. The molecular formula is C24H30N6O2. The Morgan fingerprint density at radius 2 is 2.00 bits per heavy atom. The summed E-state index contributed by atoms with van der Waals surface area (Å²) < 4.78 is 1.58. The fourth-order valence-corrected chi connectivity index (χ4v) is 4.92. The summed E-state index contributed by atoms with van der Waals surface area (Å²) in [5.74, 6) is 0.0950. The number of aromatic nitrogens is 4. The molecule has 168 valence electrons. The number of hydrogen-bond acceptors (Lipinski definition) is 5. The summed E-state index contributed by atoms with van der Waals surface area (Å²) in [7, 11) is 0. The molecule has 5 heterocycles. The summed E-state index contributed by atoms with van der Waals surface area (Å²) in [6.45, 7) is 8.60. The van der Waals surface area contributed by atoms with Gasteiger partial charge in [-0.3, -0.25) is 24.6 Å². The van der Waals surface area contributed by atoms with Crippen molar-refractivity contribution >= 4 is 11.6 Å². The monoisotopic (exact) mass is 434 g/mol. The van der Waals surface area contributed by atoms with Crippen LogP contribution in [-0.4, -0.2) is 48.4 Å². The molecule has 0 aromatic carbocycles. The molecule has 1 fully saturated rings. The Balaban J connectivity index is 1.44. The molecule has 0 unspecified atom stereocenters. The highest BCUT2D eigenvalue weighted by molar-refractivity contribution is 5.81. The van der Waals surface area contributed by atoms with Gasteiger partial charge < -0.3 is 4.90 Å². The number of likely N-dealkylation sites (tertiary alicyclic amines) is 1. The highest BCUT2D eigenvalue weighted by Gasteiger charge is 2.32. The number of aromatic amines is 1. The van der Waals surface area contributed by atoms with E-state index in [-0.39, 0.29) is 17.5 Å². The molecule has 1 saturated heterocycles. The fraction of sp³-hybridized carbons (Fsp3) is 0.500. The summed E-state index contributed by atoms with van der Waals surface area (Å²) in [6, 6.07) is 6.32. The first-order valence-electron chi connectivity index (χ1n) is 11.4. The second-order valence-corrected chi connectivity index (χ2v) is 9.96. The fourth-order valence-electron chi connectivity index (χ4n) is 4.92. The van der Waals surface area contributed by atoms with Gasteiger partial charge in [-0.2, -0.15) is 0 Å². The predicted octanol–water partition coefficient (Wildman–Crippen LogP) is 2.69. The lowest BCUT2D eigenvalue weighted by Crippen LogP contribution is -2.44. The second-order valence-electron chi connectivity index (χ2n) is 9.96. The van der Waals surface area contributed by atoms with E-state index in [2.05, 4.69) is 15.0 Å². The van der Waals surface area contributed by atoms with Crippen molar-refractivity contribution in [2.24, 2.45) is 5.41 Å². The van der Waals surface area contributed by atoms with Gasteiger partial charge in [-0.25, -0.2) is 9.50 Å². The molecule has 0 saturated carbocycles. The molecule has 5 rings (SSSR count). The van der Waals surface area contributed by atoms with Crippen molar-refractivity contribution in [1.29, 1.82) is 0 Å². The molecule has 0 radical (unpaired) electrons. The van der Waals surface area contributed by atoms with E-state index in [1.807, 2.05) is 56.3 Å². The van der Waals surface area contributed by atoms with Crippen molar-refractivity contribution < 1.29 is 4.79 Å². The summed E-state index contributed by atoms with van der Waals surface area (Å²) in [5.41, 5.74) is 3.84. The van der Waals surface area contributed by atoms with Gasteiger partial charge in [0.15, 0.2) is 5.65 Å². The molecule has 2 aliphatic heterocycles. The van der Waals surface area contributed by atoms with E-state index in [1.165, 1.54) is 5.56 Å². The maximum Gasteiger partial charge on any atom is 0.276 e. The number of carbonyl (C=O) groups is 1. The maximum absolute atomic E-state index is 13.2. The summed E-state index contributed by atoms with van der Waals surface area (Å²) in [4.78, 5) is 39.1. The summed E-state index contributed by atoms with van der Waals surface area (Å²) in [5, 5.41) is 3.34. The van der Waals surface area contributed by atoms with E-state index in [4.69, 9.17) is 4.98 Å². The lowest BCUT2D eigenvalue weighted by Gasteiger charge is -2.32. The summed E-state index contributed by atoms with van der Waals surface area (Å²) >= 11 is 0. The van der Waals surface area contributed by atoms with Crippen LogP contribution in [0.4, 0.5) is 0 Å². The molecule has 2 aliphatic rings. The molecule has 3 aromatic rings. The van der Waals surface area contributed by atoms with Crippen LogP contribution in [0.3, 0.4) is 0 Å². The Kier molecular flexibility index (Phi) is 5.12. The van der Waals surface area contributed by atoms with Crippen LogP contribution in [0.1, 0.15) is 62.2 Å². The molecular weight excluding hydrogens is 404 g/mol. The highest BCUT2D eigenvalue weighted by Crippen LogP contribution is 2.33. The van der Waals surface area contributed by atoms with Crippen LogP contribution in [0.5, 0.6) is 0 Å². The SMILES string of the molecule is CC(C)(C)C(=O)N1CCc2c(nc3cc([C@@H]4CCCN4Cc4ccncc4)[nH]n3c2=O)C1. The highest BCUT2D eigenvalue weighted by atomic mass is 16.2. The van der Waals surface area contributed by atoms with Crippen molar-refractivity contribution in [3.05, 3.63) is 63.5 Å².